The van der Waals surface area contributed by atoms with Crippen LogP contribution in [0.15, 0.2) is 34.7 Å². The molecule has 1 fully saturated rings. The van der Waals surface area contributed by atoms with Crippen molar-refractivity contribution in [2.75, 3.05) is 0 Å². The highest BCUT2D eigenvalue weighted by molar-refractivity contribution is 7.85. The van der Waals surface area contributed by atoms with E-state index in [9.17, 15) is 18.0 Å². The number of hydrogen-bond acceptors (Lipinski definition) is 6. The highest BCUT2D eigenvalue weighted by atomic mass is 32.2. The van der Waals surface area contributed by atoms with Crippen LogP contribution in [0.3, 0.4) is 0 Å². The van der Waals surface area contributed by atoms with Gasteiger partial charge in [0.15, 0.2) is 0 Å². The summed E-state index contributed by atoms with van der Waals surface area (Å²) in [6.45, 7) is 2.86. The van der Waals surface area contributed by atoms with Crippen LogP contribution in [0.4, 0.5) is 0 Å². The second-order valence-electron chi connectivity index (χ2n) is 4.78. The quantitative estimate of drug-likeness (QED) is 0.378. The molecule has 0 bridgehead atoms. The predicted molar refractivity (Wildman–Crippen MR) is 70.5 cm³/mol. The molecule has 0 atom stereocenters. The Morgan fingerprint density at radius 3 is 1.95 bits per heavy atom. The fourth-order valence-corrected chi connectivity index (χ4v) is 2.16. The molecule has 0 saturated carbocycles. The van der Waals surface area contributed by atoms with E-state index in [0.717, 1.165) is 12.1 Å². The highest BCUT2D eigenvalue weighted by Crippen LogP contribution is 2.24. The lowest BCUT2D eigenvalue weighted by Crippen LogP contribution is -2.41. The molecule has 1 heterocycles. The molecule has 0 radical (unpaired) electrons. The van der Waals surface area contributed by atoms with Crippen LogP contribution < -0.4 is 0 Å². The van der Waals surface area contributed by atoms with Gasteiger partial charge in [-0.25, -0.2) is 9.59 Å². The molecule has 1 aliphatic rings. The average molecular weight is 312 g/mol. The molecule has 0 unspecified atom stereocenters. The van der Waals surface area contributed by atoms with Gasteiger partial charge in [-0.1, -0.05) is 12.1 Å². The summed E-state index contributed by atoms with van der Waals surface area (Å²) in [6, 6.07) is 4.95. The first-order valence-corrected chi connectivity index (χ1v) is 7.28. The van der Waals surface area contributed by atoms with Gasteiger partial charge < -0.3 is 9.47 Å². The van der Waals surface area contributed by atoms with Crippen LogP contribution in [0.1, 0.15) is 19.4 Å². The maximum atomic E-state index is 11.7. The van der Waals surface area contributed by atoms with Crippen LogP contribution in [-0.4, -0.2) is 30.7 Å². The molecule has 1 saturated heterocycles. The lowest BCUT2D eigenvalue weighted by atomic mass is 10.1. The second kappa shape index (κ2) is 4.97. The van der Waals surface area contributed by atoms with Crippen LogP contribution >= 0.6 is 0 Å². The van der Waals surface area contributed by atoms with Crippen LogP contribution in [-0.2, 0) is 29.2 Å². The zero-order chi connectivity index (χ0) is 15.8. The minimum Gasteiger partial charge on any atom is -0.419 e. The molecule has 2 rings (SSSR count). The van der Waals surface area contributed by atoms with Crippen molar-refractivity contribution in [3.05, 3.63) is 35.4 Å². The van der Waals surface area contributed by atoms with E-state index in [-0.39, 0.29) is 10.5 Å². The molecular formula is C13H12O7S. The zero-order valence-corrected chi connectivity index (χ0v) is 12.0. The normalized spacial score (nSPS) is 18.0. The SMILES string of the molecule is CC1(C)OC(=O)C(=Cc2ccc(S(=O)(=O)O)cc2)C(=O)O1. The summed E-state index contributed by atoms with van der Waals surface area (Å²) in [4.78, 5) is 23.2. The summed E-state index contributed by atoms with van der Waals surface area (Å²) in [5.41, 5.74) is 0.0833. The van der Waals surface area contributed by atoms with Gasteiger partial charge in [-0.15, -0.1) is 0 Å². The molecule has 0 aliphatic carbocycles. The van der Waals surface area contributed by atoms with Gasteiger partial charge in [-0.3, -0.25) is 4.55 Å². The Morgan fingerprint density at radius 2 is 1.52 bits per heavy atom. The number of esters is 2. The Labute approximate surface area is 120 Å². The predicted octanol–water partition coefficient (Wildman–Crippen LogP) is 1.15. The van der Waals surface area contributed by atoms with Gasteiger partial charge in [0, 0.05) is 13.8 Å². The maximum Gasteiger partial charge on any atom is 0.348 e. The molecule has 1 N–H and O–H groups in total. The van der Waals surface area contributed by atoms with Gasteiger partial charge >= 0.3 is 11.9 Å². The second-order valence-corrected chi connectivity index (χ2v) is 6.20. The summed E-state index contributed by atoms with van der Waals surface area (Å²) in [5, 5.41) is 0. The van der Waals surface area contributed by atoms with Crippen molar-refractivity contribution in [2.45, 2.75) is 24.5 Å². The van der Waals surface area contributed by atoms with Gasteiger partial charge in [0.25, 0.3) is 15.9 Å². The topological polar surface area (TPSA) is 107 Å². The van der Waals surface area contributed by atoms with Gasteiger partial charge in [0.2, 0.25) is 0 Å². The van der Waals surface area contributed by atoms with Gasteiger partial charge in [-0.05, 0) is 23.8 Å². The van der Waals surface area contributed by atoms with Crippen molar-refractivity contribution in [1.29, 1.82) is 0 Å². The Morgan fingerprint density at radius 1 is 1.05 bits per heavy atom. The van der Waals surface area contributed by atoms with Crippen LogP contribution in [0, 0.1) is 0 Å². The van der Waals surface area contributed by atoms with Gasteiger partial charge in [0.1, 0.15) is 5.57 Å². The Bertz CT molecular complexity index is 704. The summed E-state index contributed by atoms with van der Waals surface area (Å²) in [7, 11) is -4.29. The monoisotopic (exact) mass is 312 g/mol. The first-order valence-electron chi connectivity index (χ1n) is 5.84. The smallest absolute Gasteiger partial charge is 0.348 e. The first-order chi connectivity index (χ1) is 9.58. The first kappa shape index (κ1) is 15.2. The van der Waals surface area contributed by atoms with Crippen molar-refractivity contribution in [1.82, 2.24) is 0 Å². The van der Waals surface area contributed by atoms with Crippen molar-refractivity contribution < 1.29 is 32.0 Å². The van der Waals surface area contributed by atoms with Crippen LogP contribution in [0.5, 0.6) is 0 Å². The standard InChI is InChI=1S/C13H12O7S/c1-13(2)19-11(14)10(12(15)20-13)7-8-3-5-9(6-4-8)21(16,17)18/h3-7H,1-2H3,(H,16,17,18). The van der Waals surface area contributed by atoms with Crippen molar-refractivity contribution in [3.8, 4) is 0 Å². The van der Waals surface area contributed by atoms with E-state index in [4.69, 9.17) is 14.0 Å². The van der Waals surface area contributed by atoms with E-state index in [0.29, 0.717) is 5.56 Å². The number of rotatable bonds is 2. The molecule has 0 aromatic heterocycles. The van der Waals surface area contributed by atoms with E-state index >= 15 is 0 Å². The van der Waals surface area contributed by atoms with E-state index in [1.165, 1.54) is 32.1 Å². The Kier molecular flexibility index (Phi) is 3.60. The summed E-state index contributed by atoms with van der Waals surface area (Å²) < 4.78 is 40.5. The van der Waals surface area contributed by atoms with Crippen LogP contribution in [0.2, 0.25) is 0 Å². The third-order valence-corrected chi connectivity index (χ3v) is 3.47. The average Bonchev–Trinajstić information content (AvgIpc) is 2.32. The third-order valence-electron chi connectivity index (χ3n) is 2.61. The number of carbonyl (C=O) groups excluding carboxylic acids is 2. The van der Waals surface area contributed by atoms with Gasteiger partial charge in [0.05, 0.1) is 4.90 Å². The van der Waals surface area contributed by atoms with E-state index < -0.39 is 27.8 Å². The van der Waals surface area contributed by atoms with E-state index in [1.807, 2.05) is 0 Å². The molecule has 1 aromatic rings. The summed E-state index contributed by atoms with van der Waals surface area (Å²) >= 11 is 0. The number of ether oxygens (including phenoxy) is 2. The molecule has 1 aliphatic heterocycles. The number of hydrogen-bond donors (Lipinski definition) is 1. The van der Waals surface area contributed by atoms with E-state index in [2.05, 4.69) is 0 Å². The van der Waals surface area contributed by atoms with E-state index in [1.54, 1.807) is 0 Å². The number of benzene rings is 1. The highest BCUT2D eigenvalue weighted by Gasteiger charge is 2.38. The molecule has 112 valence electrons. The molecule has 0 amide bonds. The third kappa shape index (κ3) is 3.47. The Hall–Kier alpha value is -2.19. The Balaban J connectivity index is 2.32. The fraction of sp³-hybridized carbons (Fsp3) is 0.231. The largest absolute Gasteiger partial charge is 0.419 e. The molecule has 1 aromatic carbocycles. The fourth-order valence-electron chi connectivity index (χ4n) is 1.68. The van der Waals surface area contributed by atoms with Crippen LogP contribution in [0.25, 0.3) is 6.08 Å². The zero-order valence-electron chi connectivity index (χ0n) is 11.2. The molecule has 8 heteroatoms. The number of carbonyl (C=O) groups is 2. The minimum atomic E-state index is -4.29. The molecule has 21 heavy (non-hydrogen) atoms. The molecular weight excluding hydrogens is 300 g/mol. The lowest BCUT2D eigenvalue weighted by Gasteiger charge is -2.29. The lowest BCUT2D eigenvalue weighted by molar-refractivity contribution is -0.222. The minimum absolute atomic E-state index is 0.292. The molecule has 7 nitrogen and oxygen atoms in total. The van der Waals surface area contributed by atoms with Crippen molar-refractivity contribution in [2.24, 2.45) is 0 Å². The molecule has 0 spiro atoms. The van der Waals surface area contributed by atoms with Crippen molar-refractivity contribution >= 4 is 28.1 Å². The number of cyclic esters (lactones) is 2. The maximum absolute atomic E-state index is 11.7. The summed E-state index contributed by atoms with van der Waals surface area (Å²) in [6.07, 6.45) is 1.22. The van der Waals surface area contributed by atoms with Gasteiger partial charge in [-0.2, -0.15) is 8.42 Å². The summed E-state index contributed by atoms with van der Waals surface area (Å²) in [5.74, 6) is -2.97. The van der Waals surface area contributed by atoms with Crippen molar-refractivity contribution in [3.63, 3.8) is 0 Å².